The van der Waals surface area contributed by atoms with Crippen molar-refractivity contribution in [1.29, 1.82) is 0 Å². The number of nitrogens with one attached hydrogen (secondary N) is 1. The molecule has 1 aliphatic rings. The third kappa shape index (κ3) is 4.72. The maximum atomic E-state index is 12.2. The molecule has 19 heavy (non-hydrogen) atoms. The highest BCUT2D eigenvalue weighted by Gasteiger charge is 2.27. The van der Waals surface area contributed by atoms with E-state index in [0.717, 1.165) is 17.7 Å². The fraction of sp³-hybridized carbons (Fsp3) is 0.667. The molecule has 1 aromatic rings. The largest absolute Gasteiger partial charge is 0.316 e. The molecular formula is C12H21ClN2O2S2. The van der Waals surface area contributed by atoms with E-state index in [1.807, 2.05) is 24.6 Å². The molecule has 2 rings (SSSR count). The zero-order valence-electron chi connectivity index (χ0n) is 11.0. The SMILES string of the molecule is CNC1CCCN(S(=O)(=O)CCc2cccs2)C1.Cl. The molecule has 1 unspecified atom stereocenters. The van der Waals surface area contributed by atoms with Crippen LogP contribution in [0.25, 0.3) is 0 Å². The Morgan fingerprint density at radius 3 is 2.95 bits per heavy atom. The highest BCUT2D eigenvalue weighted by molar-refractivity contribution is 7.89. The standard InChI is InChI=1S/C12H20N2O2S2.ClH/c1-13-11-4-2-7-14(10-11)18(15,16)9-6-12-5-3-8-17-12;/h3,5,8,11,13H,2,4,6-7,9-10H2,1H3;1H. The number of hydrogen-bond donors (Lipinski definition) is 1. The van der Waals surface area contributed by atoms with E-state index in [0.29, 0.717) is 25.6 Å². The Kier molecular flexibility index (Phi) is 6.76. The van der Waals surface area contributed by atoms with Gasteiger partial charge in [0, 0.05) is 24.0 Å². The van der Waals surface area contributed by atoms with Gasteiger partial charge in [0.05, 0.1) is 5.75 Å². The first-order valence-corrected chi connectivity index (χ1v) is 8.78. The summed E-state index contributed by atoms with van der Waals surface area (Å²) in [5.41, 5.74) is 0. The minimum absolute atomic E-state index is 0. The van der Waals surface area contributed by atoms with Gasteiger partial charge in [-0.05, 0) is 37.8 Å². The molecule has 0 radical (unpaired) electrons. The van der Waals surface area contributed by atoms with Gasteiger partial charge < -0.3 is 5.32 Å². The fourth-order valence-corrected chi connectivity index (χ4v) is 4.63. The molecular weight excluding hydrogens is 304 g/mol. The molecule has 1 atom stereocenters. The zero-order valence-corrected chi connectivity index (χ0v) is 13.5. The molecule has 0 aliphatic carbocycles. The maximum Gasteiger partial charge on any atom is 0.214 e. The summed E-state index contributed by atoms with van der Waals surface area (Å²) < 4.78 is 26.1. The smallest absolute Gasteiger partial charge is 0.214 e. The number of aryl methyl sites for hydroxylation is 1. The monoisotopic (exact) mass is 324 g/mol. The number of nitrogens with zero attached hydrogens (tertiary/aromatic N) is 1. The number of halogens is 1. The molecule has 0 amide bonds. The van der Waals surface area contributed by atoms with Crippen LogP contribution in [0.5, 0.6) is 0 Å². The first-order chi connectivity index (χ1) is 8.62. The maximum absolute atomic E-state index is 12.2. The lowest BCUT2D eigenvalue weighted by molar-refractivity contribution is 0.293. The molecule has 1 saturated heterocycles. The molecule has 0 spiro atoms. The summed E-state index contributed by atoms with van der Waals surface area (Å²) in [6.45, 7) is 1.29. The van der Waals surface area contributed by atoms with E-state index in [2.05, 4.69) is 5.32 Å². The summed E-state index contributed by atoms with van der Waals surface area (Å²) in [4.78, 5) is 1.14. The van der Waals surface area contributed by atoms with Gasteiger partial charge in [-0.25, -0.2) is 12.7 Å². The van der Waals surface area contributed by atoms with Crippen LogP contribution in [0.4, 0.5) is 0 Å². The van der Waals surface area contributed by atoms with Crippen LogP contribution in [-0.4, -0.2) is 44.7 Å². The molecule has 0 aromatic carbocycles. The lowest BCUT2D eigenvalue weighted by Crippen LogP contribution is -2.47. The number of thiophene rings is 1. The molecule has 2 heterocycles. The van der Waals surface area contributed by atoms with Crippen molar-refractivity contribution in [1.82, 2.24) is 9.62 Å². The Labute approximate surface area is 125 Å². The third-order valence-electron chi connectivity index (χ3n) is 3.37. The van der Waals surface area contributed by atoms with Gasteiger partial charge in [0.15, 0.2) is 0 Å². The summed E-state index contributed by atoms with van der Waals surface area (Å²) in [5, 5.41) is 5.16. The lowest BCUT2D eigenvalue weighted by atomic mass is 10.1. The van der Waals surface area contributed by atoms with E-state index in [-0.39, 0.29) is 18.2 Å². The van der Waals surface area contributed by atoms with Crippen molar-refractivity contribution in [2.75, 3.05) is 25.9 Å². The Morgan fingerprint density at radius 1 is 1.53 bits per heavy atom. The van der Waals surface area contributed by atoms with Gasteiger partial charge >= 0.3 is 0 Å². The minimum atomic E-state index is -3.10. The fourth-order valence-electron chi connectivity index (χ4n) is 2.24. The molecule has 0 bridgehead atoms. The van der Waals surface area contributed by atoms with Gasteiger partial charge in [0.2, 0.25) is 10.0 Å². The van der Waals surface area contributed by atoms with E-state index in [4.69, 9.17) is 0 Å². The van der Waals surface area contributed by atoms with Crippen molar-refractivity contribution in [2.45, 2.75) is 25.3 Å². The number of hydrogen-bond acceptors (Lipinski definition) is 4. The van der Waals surface area contributed by atoms with Crippen molar-refractivity contribution in [2.24, 2.45) is 0 Å². The highest BCUT2D eigenvalue weighted by atomic mass is 35.5. The quantitative estimate of drug-likeness (QED) is 0.897. The van der Waals surface area contributed by atoms with E-state index in [1.54, 1.807) is 15.6 Å². The molecule has 4 nitrogen and oxygen atoms in total. The van der Waals surface area contributed by atoms with Crippen LogP contribution in [0.15, 0.2) is 17.5 Å². The van der Waals surface area contributed by atoms with Gasteiger partial charge in [-0.3, -0.25) is 0 Å². The second-order valence-electron chi connectivity index (χ2n) is 4.63. The van der Waals surface area contributed by atoms with Crippen molar-refractivity contribution in [3.63, 3.8) is 0 Å². The van der Waals surface area contributed by atoms with Gasteiger partial charge in [0.25, 0.3) is 0 Å². The Balaban J connectivity index is 0.00000180. The van der Waals surface area contributed by atoms with Crippen molar-refractivity contribution in [3.8, 4) is 0 Å². The van der Waals surface area contributed by atoms with Crippen LogP contribution in [-0.2, 0) is 16.4 Å². The summed E-state index contributed by atoms with van der Waals surface area (Å²) >= 11 is 1.62. The topological polar surface area (TPSA) is 49.4 Å². The molecule has 110 valence electrons. The highest BCUT2D eigenvalue weighted by Crippen LogP contribution is 2.16. The van der Waals surface area contributed by atoms with Gasteiger partial charge in [-0.15, -0.1) is 23.7 Å². The number of sulfonamides is 1. The van der Waals surface area contributed by atoms with Crippen LogP contribution in [0.1, 0.15) is 17.7 Å². The van der Waals surface area contributed by atoms with Crippen molar-refractivity contribution in [3.05, 3.63) is 22.4 Å². The van der Waals surface area contributed by atoms with E-state index < -0.39 is 10.0 Å². The van der Waals surface area contributed by atoms with E-state index in [9.17, 15) is 8.42 Å². The summed E-state index contributed by atoms with van der Waals surface area (Å²) in [6, 6.07) is 4.26. The normalized spacial score (nSPS) is 21.0. The summed E-state index contributed by atoms with van der Waals surface area (Å²) in [6.07, 6.45) is 2.64. The van der Waals surface area contributed by atoms with Crippen LogP contribution < -0.4 is 5.32 Å². The summed E-state index contributed by atoms with van der Waals surface area (Å²) in [5.74, 6) is 0.226. The number of likely N-dealkylation sites (N-methyl/N-ethyl adjacent to an activating group) is 1. The molecule has 1 fully saturated rings. The first-order valence-electron chi connectivity index (χ1n) is 6.29. The second kappa shape index (κ2) is 7.59. The average molecular weight is 325 g/mol. The van der Waals surface area contributed by atoms with E-state index in [1.165, 1.54) is 0 Å². The molecule has 1 aliphatic heterocycles. The Bertz CT molecular complexity index is 462. The molecule has 1 N–H and O–H groups in total. The van der Waals surface area contributed by atoms with Gasteiger partial charge in [0.1, 0.15) is 0 Å². The third-order valence-corrected chi connectivity index (χ3v) is 6.15. The Morgan fingerprint density at radius 2 is 2.32 bits per heavy atom. The molecule has 7 heteroatoms. The van der Waals surface area contributed by atoms with Crippen LogP contribution in [0.3, 0.4) is 0 Å². The van der Waals surface area contributed by atoms with Gasteiger partial charge in [-0.1, -0.05) is 6.07 Å². The van der Waals surface area contributed by atoms with Crippen LogP contribution >= 0.6 is 23.7 Å². The minimum Gasteiger partial charge on any atom is -0.316 e. The second-order valence-corrected chi connectivity index (χ2v) is 7.75. The number of piperidine rings is 1. The average Bonchev–Trinajstić information content (AvgIpc) is 2.90. The lowest BCUT2D eigenvalue weighted by Gasteiger charge is -2.31. The molecule has 0 saturated carbocycles. The summed E-state index contributed by atoms with van der Waals surface area (Å²) in [7, 11) is -1.21. The first kappa shape index (κ1) is 16.9. The zero-order chi connectivity index (χ0) is 13.0. The predicted molar refractivity (Wildman–Crippen MR) is 82.7 cm³/mol. The van der Waals surface area contributed by atoms with Crippen molar-refractivity contribution < 1.29 is 8.42 Å². The number of rotatable bonds is 5. The predicted octanol–water partition coefficient (Wildman–Crippen LogP) is 1.73. The molecule has 1 aromatic heterocycles. The van der Waals surface area contributed by atoms with Gasteiger partial charge in [-0.2, -0.15) is 0 Å². The van der Waals surface area contributed by atoms with Crippen molar-refractivity contribution >= 4 is 33.8 Å². The van der Waals surface area contributed by atoms with E-state index >= 15 is 0 Å². The van der Waals surface area contributed by atoms with Crippen LogP contribution in [0, 0.1) is 0 Å². The van der Waals surface area contributed by atoms with Crippen LogP contribution in [0.2, 0.25) is 0 Å². The Hall–Kier alpha value is -0.140.